The predicted molar refractivity (Wildman–Crippen MR) is 150 cm³/mol. The number of amidine groups is 1. The van der Waals surface area contributed by atoms with Gasteiger partial charge in [-0.3, -0.25) is 0 Å². The minimum atomic E-state index is -0.934. The Morgan fingerprint density at radius 3 is 1.62 bits per heavy atom. The van der Waals surface area contributed by atoms with Gasteiger partial charge in [-0.25, -0.2) is 4.76 Å². The third kappa shape index (κ3) is 5.64. The summed E-state index contributed by atoms with van der Waals surface area (Å²) in [6.45, 7) is 11.0. The maximum atomic E-state index is 5.43. The molecular weight excluding hydrogens is 431 g/mol. The second-order valence-corrected chi connectivity index (χ2v) is 11.5. The Morgan fingerprint density at radius 1 is 0.647 bits per heavy atom. The number of hydrogen-bond donors (Lipinski definition) is 1. The van der Waals surface area contributed by atoms with Crippen molar-refractivity contribution in [3.63, 3.8) is 0 Å². The summed E-state index contributed by atoms with van der Waals surface area (Å²) in [6.07, 6.45) is 0. The van der Waals surface area contributed by atoms with Crippen molar-refractivity contribution < 1.29 is 0 Å². The zero-order valence-electron chi connectivity index (χ0n) is 20.7. The molecule has 0 fully saturated rings. The van der Waals surface area contributed by atoms with Gasteiger partial charge in [-0.05, 0) is 36.0 Å². The van der Waals surface area contributed by atoms with Gasteiger partial charge in [0.1, 0.15) is 5.84 Å². The lowest BCUT2D eigenvalue weighted by Crippen LogP contribution is -2.19. The molecule has 0 atom stereocenters. The molecule has 0 spiro atoms. The molecule has 0 amide bonds. The maximum absolute atomic E-state index is 5.43. The average molecular weight is 465 g/mol. The van der Waals surface area contributed by atoms with Gasteiger partial charge in [0, 0.05) is 21.9 Å². The summed E-state index contributed by atoms with van der Waals surface area (Å²) in [5, 5.41) is 6.19. The van der Waals surface area contributed by atoms with Gasteiger partial charge in [-0.15, -0.1) is 0 Å². The summed E-state index contributed by atoms with van der Waals surface area (Å²) >= 11 is 0. The summed E-state index contributed by atoms with van der Waals surface area (Å²) in [4.78, 5) is 0. The number of nitrogens with one attached hydrogen (secondary N) is 1. The fraction of sp³-hybridized carbons (Fsp3) is 0.194. The molecule has 0 aliphatic rings. The molecule has 4 aromatic rings. The molecule has 0 radical (unpaired) electrons. The van der Waals surface area contributed by atoms with Gasteiger partial charge in [-0.2, -0.15) is 0 Å². The Kier molecular flexibility index (Phi) is 7.29. The molecule has 4 rings (SSSR count). The maximum Gasteiger partial charge on any atom is 0.137 e. The Bertz CT molecular complexity index is 1190. The van der Waals surface area contributed by atoms with Gasteiger partial charge >= 0.3 is 0 Å². The van der Waals surface area contributed by atoms with Crippen molar-refractivity contribution >= 4 is 30.2 Å². The molecule has 0 aliphatic heterocycles. The van der Waals surface area contributed by atoms with Crippen molar-refractivity contribution in [2.24, 2.45) is 4.76 Å². The first-order valence-electron chi connectivity index (χ1n) is 11.8. The first-order valence-corrected chi connectivity index (χ1v) is 13.1. The van der Waals surface area contributed by atoms with Gasteiger partial charge in [0.05, 0.1) is 8.07 Å². The topological polar surface area (TPSA) is 24.4 Å². The molecule has 0 aromatic heterocycles. The molecular formula is C31H33N2P. The number of aryl methyl sites for hydroxylation is 2. The van der Waals surface area contributed by atoms with Crippen LogP contribution in [0.5, 0.6) is 0 Å². The van der Waals surface area contributed by atoms with Crippen LogP contribution in [-0.4, -0.2) is 5.84 Å². The highest BCUT2D eigenvalue weighted by molar-refractivity contribution is 7.72. The smallest absolute Gasteiger partial charge is 0.137 e. The Balaban J connectivity index is 1.86. The van der Waals surface area contributed by atoms with Crippen molar-refractivity contribution in [2.75, 3.05) is 5.32 Å². The summed E-state index contributed by atoms with van der Waals surface area (Å²) in [7, 11) is -0.934. The predicted octanol–water partition coefficient (Wildman–Crippen LogP) is 7.51. The lowest BCUT2D eigenvalue weighted by molar-refractivity contribution is 0.590. The monoisotopic (exact) mass is 464 g/mol. The Morgan fingerprint density at radius 2 is 1.15 bits per heavy atom. The number of nitrogens with zero attached hydrogens (tertiary/aromatic N) is 1. The molecule has 0 aliphatic carbocycles. The third-order valence-electron chi connectivity index (χ3n) is 5.95. The molecule has 0 heterocycles. The lowest BCUT2D eigenvalue weighted by Gasteiger charge is -2.21. The van der Waals surface area contributed by atoms with Crippen LogP contribution in [-0.2, 0) is 5.41 Å². The second kappa shape index (κ2) is 10.4. The number of rotatable bonds is 5. The van der Waals surface area contributed by atoms with Crippen LogP contribution in [0.1, 0.15) is 43.0 Å². The van der Waals surface area contributed by atoms with Crippen LogP contribution in [0.4, 0.5) is 5.69 Å². The Hall–Kier alpha value is -3.22. The van der Waals surface area contributed by atoms with Crippen molar-refractivity contribution in [3.05, 3.63) is 125 Å². The molecule has 2 nitrogen and oxygen atoms in total. The van der Waals surface area contributed by atoms with Crippen molar-refractivity contribution in [2.45, 2.75) is 40.0 Å². The van der Waals surface area contributed by atoms with Crippen LogP contribution in [0.25, 0.3) is 0 Å². The number of anilines is 1. The molecule has 34 heavy (non-hydrogen) atoms. The molecule has 0 saturated carbocycles. The molecule has 0 bridgehead atoms. The summed E-state index contributed by atoms with van der Waals surface area (Å²) in [5.74, 6) is 0.900. The van der Waals surface area contributed by atoms with E-state index < -0.39 is 8.07 Å². The highest BCUT2D eigenvalue weighted by atomic mass is 31.1. The van der Waals surface area contributed by atoms with Crippen LogP contribution >= 0.6 is 8.07 Å². The normalized spacial score (nSPS) is 12.1. The summed E-state index contributed by atoms with van der Waals surface area (Å²) < 4.78 is 5.43. The van der Waals surface area contributed by atoms with E-state index in [1.54, 1.807) is 0 Å². The van der Waals surface area contributed by atoms with E-state index in [1.807, 2.05) is 0 Å². The minimum absolute atomic E-state index is 0.108. The van der Waals surface area contributed by atoms with Gasteiger partial charge in [0.2, 0.25) is 0 Å². The quantitative estimate of drug-likeness (QED) is 0.184. The molecule has 3 heteroatoms. The molecule has 1 N–H and O–H groups in total. The fourth-order valence-corrected chi connectivity index (χ4v) is 5.72. The van der Waals surface area contributed by atoms with Gasteiger partial charge < -0.3 is 5.32 Å². The van der Waals surface area contributed by atoms with E-state index >= 15 is 0 Å². The van der Waals surface area contributed by atoms with Crippen molar-refractivity contribution in [3.8, 4) is 0 Å². The molecule has 0 saturated heterocycles. The zero-order chi connectivity index (χ0) is 24.1. The van der Waals surface area contributed by atoms with E-state index in [9.17, 15) is 0 Å². The van der Waals surface area contributed by atoms with E-state index in [-0.39, 0.29) is 5.41 Å². The number of benzene rings is 4. The standard InChI is InChI=1S/C31H33N2P/c1-23-13-12-14-24(2)29(23)32-30(25-19-21-26(22-20-25)31(3,4)5)33-34(27-15-8-6-9-16-27)28-17-10-7-11-18-28/h6-22H,1-5H3,(H,32,33). The zero-order valence-corrected chi connectivity index (χ0v) is 21.6. The van der Waals surface area contributed by atoms with Gasteiger partial charge in [0.25, 0.3) is 0 Å². The van der Waals surface area contributed by atoms with E-state index in [0.717, 1.165) is 17.1 Å². The van der Waals surface area contributed by atoms with Crippen LogP contribution < -0.4 is 15.9 Å². The van der Waals surface area contributed by atoms with Gasteiger partial charge in [0.15, 0.2) is 0 Å². The SMILES string of the molecule is Cc1cccc(C)c1NC(=NP(c1ccccc1)c1ccccc1)c1ccc(C(C)(C)C)cc1. The third-order valence-corrected chi connectivity index (χ3v) is 7.92. The van der Waals surface area contributed by atoms with E-state index in [2.05, 4.69) is 143 Å². The minimum Gasteiger partial charge on any atom is -0.339 e. The lowest BCUT2D eigenvalue weighted by atomic mass is 9.86. The first kappa shape index (κ1) is 23.9. The first-order chi connectivity index (χ1) is 16.3. The van der Waals surface area contributed by atoms with E-state index in [1.165, 1.54) is 27.3 Å². The second-order valence-electron chi connectivity index (χ2n) is 9.65. The van der Waals surface area contributed by atoms with Crippen LogP contribution in [0.2, 0.25) is 0 Å². The molecule has 172 valence electrons. The van der Waals surface area contributed by atoms with Crippen molar-refractivity contribution in [1.29, 1.82) is 0 Å². The summed E-state index contributed by atoms with van der Waals surface area (Å²) in [6, 6.07) is 36.5. The Labute approximate surface area is 205 Å². The molecule has 0 unspecified atom stereocenters. The number of hydrogen-bond acceptors (Lipinski definition) is 1. The average Bonchev–Trinajstić information content (AvgIpc) is 2.84. The highest BCUT2D eigenvalue weighted by Crippen LogP contribution is 2.36. The fourth-order valence-electron chi connectivity index (χ4n) is 3.92. The van der Waals surface area contributed by atoms with E-state index in [4.69, 9.17) is 4.76 Å². The highest BCUT2D eigenvalue weighted by Gasteiger charge is 2.18. The van der Waals surface area contributed by atoms with Crippen LogP contribution in [0.15, 0.2) is 108 Å². The largest absolute Gasteiger partial charge is 0.339 e. The molecule has 4 aromatic carbocycles. The van der Waals surface area contributed by atoms with Crippen molar-refractivity contribution in [1.82, 2.24) is 0 Å². The van der Waals surface area contributed by atoms with Crippen LogP contribution in [0.3, 0.4) is 0 Å². The van der Waals surface area contributed by atoms with Crippen LogP contribution in [0, 0.1) is 13.8 Å². The van der Waals surface area contributed by atoms with Gasteiger partial charge in [-0.1, -0.05) is 124 Å². The number of para-hydroxylation sites is 1. The summed E-state index contributed by atoms with van der Waals surface area (Å²) in [5.41, 5.74) is 6.06. The van der Waals surface area contributed by atoms with E-state index in [0.29, 0.717) is 0 Å².